The number of halogens is 1. The van der Waals surface area contributed by atoms with Gasteiger partial charge in [0.1, 0.15) is 11.9 Å². The Balaban J connectivity index is 2.08. The first-order valence-corrected chi connectivity index (χ1v) is 8.55. The highest BCUT2D eigenvalue weighted by Gasteiger charge is 2.21. The van der Waals surface area contributed by atoms with E-state index in [-0.39, 0.29) is 12.1 Å². The number of ether oxygens (including phenoxy) is 2. The van der Waals surface area contributed by atoms with Crippen molar-refractivity contribution in [3.63, 3.8) is 0 Å². The molecule has 2 atom stereocenters. The highest BCUT2D eigenvalue weighted by atomic mass is 79.9. The summed E-state index contributed by atoms with van der Waals surface area (Å²) in [6, 6.07) is 9.97. The topological polar surface area (TPSA) is 44.5 Å². The lowest BCUT2D eigenvalue weighted by atomic mass is 10.1. The van der Waals surface area contributed by atoms with Gasteiger partial charge in [0.25, 0.3) is 0 Å². The van der Waals surface area contributed by atoms with E-state index in [1.165, 1.54) is 0 Å². The molecule has 1 heterocycles. The van der Waals surface area contributed by atoms with E-state index in [0.717, 1.165) is 27.1 Å². The number of hydrogen-bond donors (Lipinski definition) is 1. The SMILES string of the molecule is CCC(N)C(OCc1cccc(OC)c1)c1cc(Br)cs1. The summed E-state index contributed by atoms with van der Waals surface area (Å²) in [5, 5.41) is 2.06. The molecule has 0 aliphatic carbocycles. The number of nitrogens with two attached hydrogens (primary N) is 1. The lowest BCUT2D eigenvalue weighted by Crippen LogP contribution is -2.29. The number of benzene rings is 1. The molecule has 0 spiro atoms. The molecule has 2 N–H and O–H groups in total. The Labute approximate surface area is 138 Å². The summed E-state index contributed by atoms with van der Waals surface area (Å²) in [5.74, 6) is 0.839. The van der Waals surface area contributed by atoms with Crippen molar-refractivity contribution in [3.05, 3.63) is 50.6 Å². The summed E-state index contributed by atoms with van der Waals surface area (Å²) < 4.78 is 12.4. The summed E-state index contributed by atoms with van der Waals surface area (Å²) in [5.41, 5.74) is 7.30. The van der Waals surface area contributed by atoms with Crippen LogP contribution in [0.25, 0.3) is 0 Å². The monoisotopic (exact) mass is 369 g/mol. The quantitative estimate of drug-likeness (QED) is 0.780. The molecule has 0 aliphatic heterocycles. The van der Waals surface area contributed by atoms with E-state index >= 15 is 0 Å². The van der Waals surface area contributed by atoms with Crippen LogP contribution in [-0.4, -0.2) is 13.2 Å². The fourth-order valence-corrected chi connectivity index (χ4v) is 3.62. The summed E-state index contributed by atoms with van der Waals surface area (Å²) in [6.45, 7) is 2.60. The van der Waals surface area contributed by atoms with Gasteiger partial charge in [-0.3, -0.25) is 0 Å². The molecule has 0 fully saturated rings. The minimum absolute atomic E-state index is 0.0128. The van der Waals surface area contributed by atoms with E-state index in [1.54, 1.807) is 18.4 Å². The van der Waals surface area contributed by atoms with Crippen molar-refractivity contribution >= 4 is 27.3 Å². The number of rotatable bonds is 7. The molecule has 2 rings (SSSR count). The lowest BCUT2D eigenvalue weighted by molar-refractivity contribution is 0.0235. The van der Waals surface area contributed by atoms with Crippen LogP contribution in [0.1, 0.15) is 29.9 Å². The largest absolute Gasteiger partial charge is 0.497 e. The third-order valence-corrected chi connectivity index (χ3v) is 5.05. The number of thiophene rings is 1. The van der Waals surface area contributed by atoms with E-state index in [9.17, 15) is 0 Å². The maximum atomic E-state index is 6.22. The van der Waals surface area contributed by atoms with Crippen molar-refractivity contribution in [3.8, 4) is 5.75 Å². The molecule has 0 bridgehead atoms. The van der Waals surface area contributed by atoms with Gasteiger partial charge in [0, 0.05) is 20.8 Å². The van der Waals surface area contributed by atoms with E-state index in [4.69, 9.17) is 15.2 Å². The summed E-state index contributed by atoms with van der Waals surface area (Å²) in [7, 11) is 1.67. The third kappa shape index (κ3) is 4.54. The first-order chi connectivity index (χ1) is 10.1. The Kier molecular flexibility index (Phi) is 6.23. The molecule has 2 aromatic rings. The fourth-order valence-electron chi connectivity index (χ4n) is 2.06. The van der Waals surface area contributed by atoms with Crippen molar-refractivity contribution in [1.82, 2.24) is 0 Å². The van der Waals surface area contributed by atoms with Crippen LogP contribution >= 0.6 is 27.3 Å². The normalized spacial score (nSPS) is 13.9. The minimum atomic E-state index is -0.0856. The first kappa shape index (κ1) is 16.5. The minimum Gasteiger partial charge on any atom is -0.497 e. The zero-order valence-electron chi connectivity index (χ0n) is 12.2. The second-order valence-corrected chi connectivity index (χ2v) is 6.68. The van der Waals surface area contributed by atoms with Gasteiger partial charge in [-0.15, -0.1) is 11.3 Å². The van der Waals surface area contributed by atoms with E-state index < -0.39 is 0 Å². The average Bonchev–Trinajstić information content (AvgIpc) is 2.93. The average molecular weight is 370 g/mol. The molecule has 1 aromatic heterocycles. The fraction of sp³-hybridized carbons (Fsp3) is 0.375. The van der Waals surface area contributed by atoms with Gasteiger partial charge in [0.05, 0.1) is 13.7 Å². The molecule has 5 heteroatoms. The second kappa shape index (κ2) is 7.94. The highest BCUT2D eigenvalue weighted by Crippen LogP contribution is 2.31. The van der Waals surface area contributed by atoms with Gasteiger partial charge in [-0.05, 0) is 46.1 Å². The summed E-state index contributed by atoms with van der Waals surface area (Å²) in [4.78, 5) is 1.15. The summed E-state index contributed by atoms with van der Waals surface area (Å²) in [6.07, 6.45) is 0.788. The molecular formula is C16H20BrNO2S. The molecule has 21 heavy (non-hydrogen) atoms. The van der Waals surface area contributed by atoms with Gasteiger partial charge in [-0.1, -0.05) is 19.1 Å². The molecule has 1 aromatic carbocycles. The standard InChI is InChI=1S/C16H20BrNO2S/c1-3-14(18)16(15-8-12(17)10-21-15)20-9-11-5-4-6-13(7-11)19-2/h4-8,10,14,16H,3,9,18H2,1-2H3. The highest BCUT2D eigenvalue weighted by molar-refractivity contribution is 9.10. The smallest absolute Gasteiger partial charge is 0.119 e. The van der Waals surface area contributed by atoms with Gasteiger partial charge in [0.2, 0.25) is 0 Å². The van der Waals surface area contributed by atoms with Gasteiger partial charge in [-0.25, -0.2) is 0 Å². The predicted octanol–water partition coefficient (Wildman–Crippen LogP) is 4.51. The van der Waals surface area contributed by atoms with Crippen molar-refractivity contribution in [2.45, 2.75) is 32.1 Å². The van der Waals surface area contributed by atoms with Crippen LogP contribution in [0, 0.1) is 0 Å². The van der Waals surface area contributed by atoms with Crippen LogP contribution in [0.4, 0.5) is 0 Å². The van der Waals surface area contributed by atoms with Crippen LogP contribution in [0.15, 0.2) is 40.2 Å². The molecular weight excluding hydrogens is 350 g/mol. The van der Waals surface area contributed by atoms with Gasteiger partial charge < -0.3 is 15.2 Å². The Bertz CT molecular complexity index is 573. The molecule has 0 radical (unpaired) electrons. The Morgan fingerprint density at radius 3 is 2.76 bits per heavy atom. The van der Waals surface area contributed by atoms with Gasteiger partial charge >= 0.3 is 0 Å². The Morgan fingerprint density at radius 2 is 2.14 bits per heavy atom. The Morgan fingerprint density at radius 1 is 1.33 bits per heavy atom. The maximum Gasteiger partial charge on any atom is 0.119 e. The van der Waals surface area contributed by atoms with E-state index in [2.05, 4.69) is 34.3 Å². The van der Waals surface area contributed by atoms with Crippen molar-refractivity contribution < 1.29 is 9.47 Å². The third-order valence-electron chi connectivity index (χ3n) is 3.29. The van der Waals surface area contributed by atoms with Crippen LogP contribution in [-0.2, 0) is 11.3 Å². The molecule has 114 valence electrons. The van der Waals surface area contributed by atoms with Crippen LogP contribution in [0.3, 0.4) is 0 Å². The maximum absolute atomic E-state index is 6.22. The van der Waals surface area contributed by atoms with Crippen molar-refractivity contribution in [2.24, 2.45) is 5.73 Å². The first-order valence-electron chi connectivity index (χ1n) is 6.88. The number of methoxy groups -OCH3 is 1. The van der Waals surface area contributed by atoms with Gasteiger partial charge in [-0.2, -0.15) is 0 Å². The molecule has 3 nitrogen and oxygen atoms in total. The van der Waals surface area contributed by atoms with Gasteiger partial charge in [0.15, 0.2) is 0 Å². The van der Waals surface area contributed by atoms with Crippen molar-refractivity contribution in [1.29, 1.82) is 0 Å². The van der Waals surface area contributed by atoms with E-state index in [0.29, 0.717) is 6.61 Å². The molecule has 0 saturated carbocycles. The predicted molar refractivity (Wildman–Crippen MR) is 90.8 cm³/mol. The lowest BCUT2D eigenvalue weighted by Gasteiger charge is -2.22. The van der Waals surface area contributed by atoms with E-state index in [1.807, 2.05) is 24.3 Å². The molecule has 2 unspecified atom stereocenters. The van der Waals surface area contributed by atoms with Crippen LogP contribution < -0.4 is 10.5 Å². The van der Waals surface area contributed by atoms with Crippen molar-refractivity contribution in [2.75, 3.05) is 7.11 Å². The molecule has 0 aliphatic rings. The molecule has 0 amide bonds. The number of hydrogen-bond acceptors (Lipinski definition) is 4. The van der Waals surface area contributed by atoms with Crippen LogP contribution in [0.2, 0.25) is 0 Å². The molecule has 0 saturated heterocycles. The Hall–Kier alpha value is -0.880. The zero-order valence-corrected chi connectivity index (χ0v) is 14.6. The van der Waals surface area contributed by atoms with Crippen LogP contribution in [0.5, 0.6) is 5.75 Å². The zero-order chi connectivity index (χ0) is 15.2. The summed E-state index contributed by atoms with van der Waals surface area (Å²) >= 11 is 5.15. The second-order valence-electron chi connectivity index (χ2n) is 4.82.